The number of benzene rings is 3. The van der Waals surface area contributed by atoms with E-state index in [1.54, 1.807) is 48.8 Å². The molecule has 0 spiro atoms. The molecule has 0 bridgehead atoms. The number of likely N-dealkylation sites (tertiary alicyclic amines) is 2. The Labute approximate surface area is 575 Å². The van der Waals surface area contributed by atoms with Crippen molar-refractivity contribution in [1.82, 2.24) is 57.0 Å². The van der Waals surface area contributed by atoms with E-state index < -0.39 is 132 Å². The van der Waals surface area contributed by atoms with Gasteiger partial charge in [-0.25, -0.2) is 4.79 Å². The lowest BCUT2D eigenvalue weighted by molar-refractivity contribution is -0.146. The molecule has 99 heavy (non-hydrogen) atoms. The van der Waals surface area contributed by atoms with Crippen LogP contribution in [0.15, 0.2) is 96.2 Å². The average molecular weight is 1370 g/mol. The van der Waals surface area contributed by atoms with Gasteiger partial charge in [0.15, 0.2) is 5.96 Å². The number of nitrogens with two attached hydrogens (primary N) is 5. The minimum absolute atomic E-state index is 0.00106. The summed E-state index contributed by atoms with van der Waals surface area (Å²) in [5, 5.41) is 31.1. The lowest BCUT2D eigenvalue weighted by atomic mass is 9.98. The molecule has 0 saturated carbocycles. The number of hydrogen-bond donors (Lipinski definition) is 15. The highest BCUT2D eigenvalue weighted by molar-refractivity contribution is 6.00. The van der Waals surface area contributed by atoms with E-state index in [1.165, 1.54) is 9.80 Å². The third kappa shape index (κ3) is 22.3. The first-order valence-electron chi connectivity index (χ1n) is 34.2. The molecule has 3 aromatic carbocycles. The Morgan fingerprint density at radius 2 is 0.970 bits per heavy atom. The summed E-state index contributed by atoms with van der Waals surface area (Å²) in [5.41, 5.74) is 32.0. The second-order valence-electron chi connectivity index (χ2n) is 26.6. The van der Waals surface area contributed by atoms with Crippen molar-refractivity contribution in [3.8, 4) is 0 Å². The van der Waals surface area contributed by atoms with Crippen molar-refractivity contribution >= 4 is 92.8 Å². The standard InChI is InChI=1S/C70H99N17O12/c1-40(2)33-47(72)60(89)82-53(34-41(3)4)61(90)84-56(37-44-39-78-49-22-11-9-20-46(44)49)64(93)83-54(35-42-17-6-5-7-18-42)62(91)85-55(36-43-38-77-48-21-10-8-19-45(43)48)63(92)79-51(27-28-59(73)88)68(97)87-32-15-25-57(87)65(94)80-50(23-12-13-29-71)67(96)86-31-16-26-58(86)66(95)81-52(69(98)99)24-14-30-76-70(74)75/h5-11,17-22,38-41,47,50-58,77-78H,12-16,23-37,71-72H2,1-4H3,(H2,73,88)(H,79,92)(H,80,94)(H,81,95)(H,82,89)(H,83,93)(H,84,90)(H,85,91)(H,98,99)(H4,74,75,76)/t47-,50-,51-,52+,53-,54-,55+,56+,57-,58-/m0/s1. The van der Waals surface area contributed by atoms with Gasteiger partial charge in [-0.05, 0) is 124 Å². The first-order chi connectivity index (χ1) is 47.3. The van der Waals surface area contributed by atoms with Gasteiger partial charge in [-0.3, -0.25) is 52.9 Å². The van der Waals surface area contributed by atoms with Crippen LogP contribution in [0.25, 0.3) is 21.8 Å². The predicted molar refractivity (Wildman–Crippen MR) is 373 cm³/mol. The summed E-state index contributed by atoms with van der Waals surface area (Å²) in [6, 6.07) is 10.9. The van der Waals surface area contributed by atoms with E-state index >= 15 is 19.2 Å². The number of unbranched alkanes of at least 4 members (excludes halogenated alkanes) is 1. The van der Waals surface area contributed by atoms with Crippen molar-refractivity contribution in [2.24, 2.45) is 45.5 Å². The second kappa shape index (κ2) is 37.2. The number of carbonyl (C=O) groups excluding carboxylic acids is 10. The first-order valence-corrected chi connectivity index (χ1v) is 34.2. The van der Waals surface area contributed by atoms with Crippen LogP contribution in [0, 0.1) is 11.8 Å². The van der Waals surface area contributed by atoms with Gasteiger partial charge in [-0.2, -0.15) is 0 Å². The Kier molecular flexibility index (Phi) is 28.7. The smallest absolute Gasteiger partial charge is 0.326 e. The number of guanidine groups is 1. The fraction of sp³-hybridized carbons (Fsp3) is 0.514. The van der Waals surface area contributed by atoms with E-state index in [0.717, 1.165) is 10.9 Å². The highest BCUT2D eigenvalue weighted by Crippen LogP contribution is 2.26. The molecule has 5 aromatic rings. The monoisotopic (exact) mass is 1370 g/mol. The molecular formula is C70H99N17O12. The molecule has 0 aliphatic carbocycles. The zero-order valence-corrected chi connectivity index (χ0v) is 56.9. The summed E-state index contributed by atoms with van der Waals surface area (Å²) in [6.45, 7) is 8.18. The van der Waals surface area contributed by atoms with Gasteiger partial charge in [0.05, 0.1) is 6.04 Å². The largest absolute Gasteiger partial charge is 0.480 e. The molecule has 2 saturated heterocycles. The van der Waals surface area contributed by atoms with Crippen LogP contribution in [0.3, 0.4) is 0 Å². The lowest BCUT2D eigenvalue weighted by Crippen LogP contribution is -2.61. The molecular weight excluding hydrogens is 1270 g/mol. The van der Waals surface area contributed by atoms with Crippen LogP contribution in [0.1, 0.15) is 128 Å². The minimum atomic E-state index is -1.52. The van der Waals surface area contributed by atoms with E-state index in [2.05, 4.69) is 52.2 Å². The summed E-state index contributed by atoms with van der Waals surface area (Å²) in [6.07, 6.45) is 5.15. The van der Waals surface area contributed by atoms with E-state index in [1.807, 2.05) is 70.2 Å². The normalized spacial score (nSPS) is 16.9. The van der Waals surface area contributed by atoms with Gasteiger partial charge < -0.3 is 90.8 Å². The van der Waals surface area contributed by atoms with Crippen LogP contribution in [-0.4, -0.2) is 182 Å². The maximum atomic E-state index is 15.3. The molecule has 29 heteroatoms. The average Bonchev–Trinajstić information content (AvgIpc) is 1.76. The molecule has 536 valence electrons. The third-order valence-corrected chi connectivity index (χ3v) is 17.9. The molecule has 10 amide bonds. The van der Waals surface area contributed by atoms with E-state index in [-0.39, 0.29) is 108 Å². The Morgan fingerprint density at radius 1 is 0.525 bits per heavy atom. The fourth-order valence-electron chi connectivity index (χ4n) is 12.8. The second-order valence-corrected chi connectivity index (χ2v) is 26.6. The van der Waals surface area contributed by atoms with Gasteiger partial charge >= 0.3 is 5.97 Å². The number of H-pyrrole nitrogens is 2. The zero-order valence-electron chi connectivity index (χ0n) is 56.9. The zero-order chi connectivity index (χ0) is 71.9. The lowest BCUT2D eigenvalue weighted by Gasteiger charge is -2.32. The number of primary amides is 1. The number of carboxylic acids is 1. The molecule has 4 heterocycles. The maximum Gasteiger partial charge on any atom is 0.326 e. The molecule has 2 aliphatic heterocycles. The number of carbonyl (C=O) groups is 11. The molecule has 29 nitrogen and oxygen atoms in total. The van der Waals surface area contributed by atoms with Crippen molar-refractivity contribution in [1.29, 1.82) is 0 Å². The highest BCUT2D eigenvalue weighted by Gasteiger charge is 2.43. The number of amides is 10. The third-order valence-electron chi connectivity index (χ3n) is 17.9. The summed E-state index contributed by atoms with van der Waals surface area (Å²) < 4.78 is 0. The SMILES string of the molecule is CC(C)C[C@H](NC(=O)[C@@H](N)CC(C)C)C(=O)N[C@H](Cc1c[nH]c2ccccc12)C(=O)N[C@@H](Cc1ccccc1)C(=O)N[C@H](Cc1c[nH]c2ccccc12)C(=O)N[C@@H](CCC(N)=O)C(=O)N1CCC[C@H]1C(=O)N[C@@H](CCCCN)C(=O)N1CCC[C@H]1C(=O)N[C@H](CCCN=C(N)N)C(=O)O. The predicted octanol–water partition coefficient (Wildman–Crippen LogP) is 1.00. The molecule has 10 atom stereocenters. The van der Waals surface area contributed by atoms with Crippen molar-refractivity contribution in [3.63, 3.8) is 0 Å². The van der Waals surface area contributed by atoms with Crippen molar-refractivity contribution < 1.29 is 57.8 Å². The topological polar surface area (TPSA) is 473 Å². The number of carboxylic acid groups (broad SMARTS) is 1. The number of hydrogen-bond acceptors (Lipinski definition) is 14. The van der Waals surface area contributed by atoms with Gasteiger partial charge in [0.25, 0.3) is 0 Å². The molecule has 0 unspecified atom stereocenters. The molecule has 2 fully saturated rings. The van der Waals surface area contributed by atoms with Crippen LogP contribution >= 0.6 is 0 Å². The highest BCUT2D eigenvalue weighted by atomic mass is 16.4. The van der Waals surface area contributed by atoms with Crippen LogP contribution in [0.2, 0.25) is 0 Å². The number of fused-ring (bicyclic) bond motifs is 2. The number of para-hydroxylation sites is 2. The molecule has 2 aromatic heterocycles. The number of nitrogens with one attached hydrogen (secondary N) is 9. The summed E-state index contributed by atoms with van der Waals surface area (Å²) in [7, 11) is 0. The summed E-state index contributed by atoms with van der Waals surface area (Å²) in [5.74, 6) is -8.70. The van der Waals surface area contributed by atoms with Crippen LogP contribution in [-0.2, 0) is 72.0 Å². The molecule has 2 aliphatic rings. The minimum Gasteiger partial charge on any atom is -0.480 e. The summed E-state index contributed by atoms with van der Waals surface area (Å²) >= 11 is 0. The number of rotatable bonds is 38. The Bertz CT molecular complexity index is 3650. The van der Waals surface area contributed by atoms with Crippen LogP contribution in [0.5, 0.6) is 0 Å². The van der Waals surface area contributed by atoms with Crippen LogP contribution in [0.4, 0.5) is 0 Å². The van der Waals surface area contributed by atoms with Gasteiger partial charge in [0.2, 0.25) is 59.1 Å². The Balaban J connectivity index is 1.15. The quantitative estimate of drug-likeness (QED) is 0.0149. The van der Waals surface area contributed by atoms with E-state index in [9.17, 15) is 38.7 Å². The molecule has 0 radical (unpaired) electrons. The van der Waals surface area contributed by atoms with Crippen LogP contribution < -0.4 is 65.9 Å². The van der Waals surface area contributed by atoms with Gasteiger partial charge in [0.1, 0.15) is 54.4 Å². The van der Waals surface area contributed by atoms with Crippen molar-refractivity contribution in [3.05, 3.63) is 108 Å². The number of aliphatic imine (C=N–C) groups is 1. The molecule has 20 N–H and O–H groups in total. The number of aromatic amines is 2. The van der Waals surface area contributed by atoms with E-state index in [4.69, 9.17) is 28.7 Å². The first kappa shape index (κ1) is 76.5. The maximum absolute atomic E-state index is 15.3. The van der Waals surface area contributed by atoms with E-state index in [0.29, 0.717) is 59.7 Å². The fourth-order valence-corrected chi connectivity index (χ4v) is 12.8. The van der Waals surface area contributed by atoms with Gasteiger partial charge in [-0.1, -0.05) is 94.4 Å². The van der Waals surface area contributed by atoms with Crippen molar-refractivity contribution in [2.75, 3.05) is 26.2 Å². The number of nitrogens with zero attached hydrogens (tertiary/aromatic N) is 3. The van der Waals surface area contributed by atoms with Crippen molar-refractivity contribution in [2.45, 2.75) is 191 Å². The Hall–Kier alpha value is -9.90. The van der Waals surface area contributed by atoms with Gasteiger partial charge in [-0.15, -0.1) is 0 Å². The number of aliphatic carboxylic acids is 1. The number of aromatic nitrogens is 2. The summed E-state index contributed by atoms with van der Waals surface area (Å²) in [4.78, 5) is 170. The Morgan fingerprint density at radius 3 is 1.45 bits per heavy atom. The van der Waals surface area contributed by atoms with Gasteiger partial charge in [0, 0.05) is 79.5 Å². The molecule has 7 rings (SSSR count).